The van der Waals surface area contributed by atoms with Gasteiger partial charge in [0.1, 0.15) is 18.9 Å². The second-order valence-corrected chi connectivity index (χ2v) is 10.9. The molecular weight excluding hydrogens is 588 g/mol. The van der Waals surface area contributed by atoms with Gasteiger partial charge in [0.05, 0.1) is 25.5 Å². The van der Waals surface area contributed by atoms with Crippen LogP contribution in [0.1, 0.15) is 5.56 Å². The van der Waals surface area contributed by atoms with Gasteiger partial charge in [0.15, 0.2) is 11.5 Å². The highest BCUT2D eigenvalue weighted by atomic mass is 16.5. The number of aryl methyl sites for hydroxylation is 1. The summed E-state index contributed by atoms with van der Waals surface area (Å²) in [6.45, 7) is 0.271. The molecule has 0 bridgehead atoms. The van der Waals surface area contributed by atoms with Crippen molar-refractivity contribution in [1.29, 1.82) is 0 Å². The number of benzene rings is 3. The lowest BCUT2D eigenvalue weighted by Crippen LogP contribution is -2.21. The zero-order valence-corrected chi connectivity index (χ0v) is 26.3. The highest BCUT2D eigenvalue weighted by Gasteiger charge is 2.16. The number of fused-ring (bicyclic) bond motifs is 1. The van der Waals surface area contributed by atoms with Crippen LogP contribution in [0.25, 0.3) is 27.6 Å². The van der Waals surface area contributed by atoms with Crippen molar-refractivity contribution < 1.29 is 24.4 Å². The molecule has 2 heterocycles. The summed E-state index contributed by atoms with van der Waals surface area (Å²) in [6, 6.07) is 19.9. The predicted molar refractivity (Wildman–Crippen MR) is 180 cm³/mol. The Morgan fingerprint density at radius 2 is 1.67 bits per heavy atom. The molecule has 11 nitrogen and oxygen atoms in total. The number of methoxy groups -OCH3 is 1. The van der Waals surface area contributed by atoms with Crippen LogP contribution < -0.4 is 30.8 Å². The molecule has 0 saturated heterocycles. The highest BCUT2D eigenvalue weighted by Crippen LogP contribution is 2.33. The van der Waals surface area contributed by atoms with Gasteiger partial charge in [0, 0.05) is 74.6 Å². The molecule has 0 fully saturated rings. The number of ether oxygens (including phenoxy) is 3. The van der Waals surface area contributed by atoms with Gasteiger partial charge >= 0.3 is 0 Å². The van der Waals surface area contributed by atoms with Crippen LogP contribution in [0, 0.1) is 0 Å². The summed E-state index contributed by atoms with van der Waals surface area (Å²) >= 11 is 0. The minimum absolute atomic E-state index is 0.102. The Balaban J connectivity index is 1.54. The van der Waals surface area contributed by atoms with E-state index >= 15 is 0 Å². The van der Waals surface area contributed by atoms with E-state index in [0.29, 0.717) is 57.2 Å². The third-order valence-electron chi connectivity index (χ3n) is 7.58. The molecule has 5 aromatic rings. The minimum Gasteiger partial charge on any atom is -0.487 e. The van der Waals surface area contributed by atoms with Crippen LogP contribution in [0.2, 0.25) is 0 Å². The normalized spacial score (nSPS) is 11.1. The number of hydrogen-bond acceptors (Lipinski definition) is 9. The van der Waals surface area contributed by atoms with Crippen LogP contribution >= 0.6 is 0 Å². The van der Waals surface area contributed by atoms with Gasteiger partial charge in [-0.3, -0.25) is 14.2 Å². The van der Waals surface area contributed by atoms with E-state index in [1.54, 1.807) is 61.5 Å². The molecule has 0 atom stereocenters. The van der Waals surface area contributed by atoms with Crippen LogP contribution in [0.3, 0.4) is 0 Å². The van der Waals surface area contributed by atoms with Gasteiger partial charge in [-0.15, -0.1) is 0 Å². The maximum absolute atomic E-state index is 13.6. The molecule has 2 aromatic heterocycles. The zero-order valence-electron chi connectivity index (χ0n) is 26.3. The Labute approximate surface area is 266 Å². The molecule has 3 N–H and O–H groups in total. The largest absolute Gasteiger partial charge is 0.487 e. The molecule has 240 valence electrons. The lowest BCUT2D eigenvalue weighted by molar-refractivity contribution is 0.141. The van der Waals surface area contributed by atoms with Crippen LogP contribution in [-0.2, 0) is 18.4 Å². The first-order valence-electron chi connectivity index (χ1n) is 14.8. The first kappa shape index (κ1) is 32.3. The number of rotatable bonds is 13. The van der Waals surface area contributed by atoms with Crippen LogP contribution in [0.15, 0.2) is 88.7 Å². The molecule has 11 heteroatoms. The minimum atomic E-state index is -0.335. The Bertz CT molecular complexity index is 1970. The molecule has 0 spiro atoms. The lowest BCUT2D eigenvalue weighted by Gasteiger charge is -2.18. The molecule has 46 heavy (non-hydrogen) atoms. The summed E-state index contributed by atoms with van der Waals surface area (Å²) in [5.74, 6) is 0.876. The fourth-order valence-electron chi connectivity index (χ4n) is 5.25. The van der Waals surface area contributed by atoms with E-state index in [9.17, 15) is 19.8 Å². The summed E-state index contributed by atoms with van der Waals surface area (Å²) in [5, 5.41) is 24.4. The molecule has 0 unspecified atom stereocenters. The van der Waals surface area contributed by atoms with Gasteiger partial charge in [0.2, 0.25) is 0 Å². The van der Waals surface area contributed by atoms with Gasteiger partial charge < -0.3 is 39.2 Å². The monoisotopic (exact) mass is 626 g/mol. The van der Waals surface area contributed by atoms with E-state index in [0.717, 1.165) is 11.1 Å². The van der Waals surface area contributed by atoms with E-state index < -0.39 is 0 Å². The number of aliphatic hydroxyl groups excluding tert-OH is 2. The second kappa shape index (κ2) is 14.3. The summed E-state index contributed by atoms with van der Waals surface area (Å²) in [6.07, 6.45) is 3.42. The molecule has 5 rings (SSSR count). The number of pyridine rings is 2. The van der Waals surface area contributed by atoms with Gasteiger partial charge in [-0.1, -0.05) is 12.1 Å². The third kappa shape index (κ3) is 6.76. The number of anilines is 3. The molecule has 0 aliphatic carbocycles. The zero-order chi connectivity index (χ0) is 32.8. The topological polar surface area (TPSA) is 127 Å². The molecule has 0 radical (unpaired) electrons. The van der Waals surface area contributed by atoms with Crippen LogP contribution in [0.5, 0.6) is 11.5 Å². The fraction of sp³-hybridized carbons (Fsp3) is 0.257. The van der Waals surface area contributed by atoms with E-state index in [1.807, 2.05) is 55.4 Å². The first-order valence-corrected chi connectivity index (χ1v) is 14.8. The standard InChI is InChI=1S/C35H38N4O7/c1-37(2)26-9-10-28-23(18-26)12-13-39(34(28)42)31-7-5-6-27(29(31)22-41)24-19-30(35(43)38(3)21-24)36-25-8-11-32(45-15-14-40)33(20-25)46-17-16-44-4/h5-13,18-21,36,40-41H,14-17,22H2,1-4H3. The van der Waals surface area contributed by atoms with Crippen molar-refractivity contribution in [2.24, 2.45) is 7.05 Å². The Hall–Kier alpha value is -5.10. The maximum Gasteiger partial charge on any atom is 0.274 e. The van der Waals surface area contributed by atoms with Crippen molar-refractivity contribution in [2.45, 2.75) is 6.61 Å². The van der Waals surface area contributed by atoms with Gasteiger partial charge in [-0.2, -0.15) is 0 Å². The van der Waals surface area contributed by atoms with Gasteiger partial charge in [0.25, 0.3) is 11.1 Å². The van der Waals surface area contributed by atoms with Crippen molar-refractivity contribution >= 4 is 27.8 Å². The predicted octanol–water partition coefficient (Wildman–Crippen LogP) is 4.05. The SMILES string of the molecule is COCCOc1cc(Nc2cc(-c3cccc(-n4ccc5cc(N(C)C)ccc5c4=O)c3CO)cn(C)c2=O)ccc1OCCO. The Morgan fingerprint density at radius 1 is 0.870 bits per heavy atom. The van der Waals surface area contributed by atoms with Crippen LogP contribution in [-0.4, -0.2) is 67.0 Å². The van der Waals surface area contributed by atoms with Crippen molar-refractivity contribution in [3.8, 4) is 28.3 Å². The smallest absolute Gasteiger partial charge is 0.274 e. The van der Waals surface area contributed by atoms with E-state index in [1.165, 1.54) is 4.57 Å². The summed E-state index contributed by atoms with van der Waals surface area (Å²) < 4.78 is 19.5. The van der Waals surface area contributed by atoms with Gasteiger partial charge in [-0.05, 0) is 59.5 Å². The number of aliphatic hydroxyl groups is 2. The average molecular weight is 627 g/mol. The van der Waals surface area contributed by atoms with E-state index in [4.69, 9.17) is 14.2 Å². The molecule has 0 amide bonds. The number of hydrogen-bond donors (Lipinski definition) is 3. The molecule has 0 aliphatic rings. The summed E-state index contributed by atoms with van der Waals surface area (Å²) in [5.41, 5.74) is 3.81. The van der Waals surface area contributed by atoms with Gasteiger partial charge in [-0.25, -0.2) is 0 Å². The van der Waals surface area contributed by atoms with Crippen molar-refractivity contribution in [3.05, 3.63) is 105 Å². The summed E-state index contributed by atoms with van der Waals surface area (Å²) in [7, 11) is 7.12. The molecular formula is C35H38N4O7. The maximum atomic E-state index is 13.6. The average Bonchev–Trinajstić information content (AvgIpc) is 3.06. The van der Waals surface area contributed by atoms with E-state index in [-0.39, 0.29) is 37.5 Å². The Kier molecular flexibility index (Phi) is 10.1. The molecule has 3 aromatic carbocycles. The van der Waals surface area contributed by atoms with Crippen LogP contribution in [0.4, 0.5) is 17.1 Å². The number of nitrogens with zero attached hydrogens (tertiary/aromatic N) is 3. The molecule has 0 aliphatic heterocycles. The van der Waals surface area contributed by atoms with Crippen molar-refractivity contribution in [1.82, 2.24) is 9.13 Å². The highest BCUT2D eigenvalue weighted by molar-refractivity contribution is 5.85. The quantitative estimate of drug-likeness (QED) is 0.166. The van der Waals surface area contributed by atoms with Crippen molar-refractivity contribution in [2.75, 3.05) is 57.8 Å². The van der Waals surface area contributed by atoms with Crippen molar-refractivity contribution in [3.63, 3.8) is 0 Å². The first-order chi connectivity index (χ1) is 22.2. The lowest BCUT2D eigenvalue weighted by atomic mass is 9.99. The third-order valence-corrected chi connectivity index (χ3v) is 7.58. The second-order valence-electron chi connectivity index (χ2n) is 10.9. The Morgan fingerprint density at radius 3 is 2.41 bits per heavy atom. The molecule has 0 saturated carbocycles. The summed E-state index contributed by atoms with van der Waals surface area (Å²) in [4.78, 5) is 28.9. The fourth-order valence-corrected chi connectivity index (χ4v) is 5.25. The number of aromatic nitrogens is 2. The van der Waals surface area contributed by atoms with E-state index in [2.05, 4.69) is 5.32 Å². The number of nitrogens with one attached hydrogen (secondary N) is 1.